The van der Waals surface area contributed by atoms with Gasteiger partial charge in [-0.1, -0.05) is 24.3 Å². The number of hydrogen-bond donors (Lipinski definition) is 1. The number of benzene rings is 2. The molecule has 0 aliphatic rings. The lowest BCUT2D eigenvalue weighted by Gasteiger charge is -2.07. The van der Waals surface area contributed by atoms with Gasteiger partial charge in [0.15, 0.2) is 0 Å². The summed E-state index contributed by atoms with van der Waals surface area (Å²) in [5.74, 6) is -2.49. The predicted octanol–water partition coefficient (Wildman–Crippen LogP) is 4.93. The molecule has 3 aromatic rings. The van der Waals surface area contributed by atoms with Gasteiger partial charge in [0, 0.05) is 24.2 Å². The highest BCUT2D eigenvalue weighted by atomic mass is 32.2. The summed E-state index contributed by atoms with van der Waals surface area (Å²) in [7, 11) is 1.60. The first-order chi connectivity index (χ1) is 12.9. The third kappa shape index (κ3) is 3.20. The van der Waals surface area contributed by atoms with E-state index in [0.717, 1.165) is 6.07 Å². The number of carboxylic acids is 1. The fourth-order valence-corrected chi connectivity index (χ4v) is 3.79. The van der Waals surface area contributed by atoms with Gasteiger partial charge in [-0.15, -0.1) is 11.8 Å². The zero-order valence-electron chi connectivity index (χ0n) is 14.5. The van der Waals surface area contributed by atoms with Gasteiger partial charge < -0.3 is 9.67 Å². The van der Waals surface area contributed by atoms with E-state index in [-0.39, 0.29) is 16.8 Å². The van der Waals surface area contributed by atoms with E-state index in [4.69, 9.17) is 0 Å². The summed E-state index contributed by atoms with van der Waals surface area (Å²) < 4.78 is 28.6. The second-order valence-corrected chi connectivity index (χ2v) is 6.58. The highest BCUT2D eigenvalue weighted by molar-refractivity contribution is 7.98. The van der Waals surface area contributed by atoms with Gasteiger partial charge in [0.2, 0.25) is 0 Å². The van der Waals surface area contributed by atoms with Crippen molar-refractivity contribution in [3.63, 3.8) is 0 Å². The summed E-state index contributed by atoms with van der Waals surface area (Å²) in [6, 6.07) is 11.9. The Morgan fingerprint density at radius 2 is 1.78 bits per heavy atom. The van der Waals surface area contributed by atoms with Gasteiger partial charge >= 0.3 is 5.97 Å². The molecule has 3 rings (SSSR count). The molecular weight excluding hydrogens is 370 g/mol. The summed E-state index contributed by atoms with van der Waals surface area (Å²) >= 11 is 1.29. The van der Waals surface area contributed by atoms with Crippen molar-refractivity contribution in [3.05, 3.63) is 65.4 Å². The van der Waals surface area contributed by atoms with E-state index < -0.39 is 17.6 Å². The van der Waals surface area contributed by atoms with Crippen LogP contribution in [0.5, 0.6) is 0 Å². The van der Waals surface area contributed by atoms with Crippen LogP contribution in [-0.2, 0) is 7.05 Å². The molecule has 136 valence electrons. The van der Waals surface area contributed by atoms with Crippen LogP contribution in [0, 0.1) is 23.0 Å². The molecule has 27 heavy (non-hydrogen) atoms. The second kappa shape index (κ2) is 7.25. The summed E-state index contributed by atoms with van der Waals surface area (Å²) in [5.41, 5.74) is 1.90. The molecule has 1 N–H and O–H groups in total. The molecule has 0 saturated heterocycles. The largest absolute Gasteiger partial charge is 0.477 e. The smallest absolute Gasteiger partial charge is 0.353 e. The van der Waals surface area contributed by atoms with Crippen molar-refractivity contribution in [2.45, 2.75) is 5.03 Å². The fourth-order valence-electron chi connectivity index (χ4n) is 3.08. The molecule has 7 heteroatoms. The van der Waals surface area contributed by atoms with Crippen molar-refractivity contribution in [2.24, 2.45) is 7.05 Å². The Labute approximate surface area is 158 Å². The summed E-state index contributed by atoms with van der Waals surface area (Å²) in [6.07, 6.45) is 1.77. The number of aromatic nitrogens is 1. The lowest BCUT2D eigenvalue weighted by atomic mass is 9.98. The Morgan fingerprint density at radius 3 is 2.30 bits per heavy atom. The standard InChI is InChI=1S/C20H14F2N2O2S/c1-24-18(20(25)26)17(15(10-23)19(24)27-2)12-5-3-11(4-6-12)14-8-7-13(21)9-16(14)22/h3-9H,1-2H3,(H,25,26). The molecule has 0 fully saturated rings. The maximum Gasteiger partial charge on any atom is 0.353 e. The Bertz CT molecular complexity index is 1080. The molecule has 0 spiro atoms. The number of nitrogens with zero attached hydrogens (tertiary/aromatic N) is 2. The maximum atomic E-state index is 14.0. The zero-order chi connectivity index (χ0) is 19.7. The van der Waals surface area contributed by atoms with Gasteiger partial charge in [0.25, 0.3) is 0 Å². The Hall–Kier alpha value is -3.11. The van der Waals surface area contributed by atoms with Gasteiger partial charge in [-0.3, -0.25) is 0 Å². The number of nitriles is 1. The van der Waals surface area contributed by atoms with Crippen molar-refractivity contribution in [3.8, 4) is 28.3 Å². The summed E-state index contributed by atoms with van der Waals surface area (Å²) in [4.78, 5) is 11.8. The number of hydrogen-bond acceptors (Lipinski definition) is 3. The van der Waals surface area contributed by atoms with Crippen LogP contribution >= 0.6 is 11.8 Å². The van der Waals surface area contributed by atoms with E-state index >= 15 is 0 Å². The highest BCUT2D eigenvalue weighted by Gasteiger charge is 2.26. The molecule has 0 aliphatic carbocycles. The molecule has 0 aliphatic heterocycles. The SMILES string of the molecule is CSc1c(C#N)c(-c2ccc(-c3ccc(F)cc3F)cc2)c(C(=O)O)n1C. The molecule has 0 saturated carbocycles. The van der Waals surface area contributed by atoms with Crippen molar-refractivity contribution < 1.29 is 18.7 Å². The minimum absolute atomic E-state index is 0.0108. The van der Waals surface area contributed by atoms with Crippen LogP contribution in [0.25, 0.3) is 22.3 Å². The van der Waals surface area contributed by atoms with E-state index in [9.17, 15) is 23.9 Å². The third-order valence-electron chi connectivity index (χ3n) is 4.26. The average molecular weight is 384 g/mol. The molecular formula is C20H14F2N2O2S. The molecule has 4 nitrogen and oxygen atoms in total. The molecule has 1 aromatic heterocycles. The number of halogens is 2. The number of thioether (sulfide) groups is 1. The minimum Gasteiger partial charge on any atom is -0.477 e. The third-order valence-corrected chi connectivity index (χ3v) is 5.13. The average Bonchev–Trinajstić information content (AvgIpc) is 2.93. The summed E-state index contributed by atoms with van der Waals surface area (Å²) in [6.45, 7) is 0. The van der Waals surface area contributed by atoms with Gasteiger partial charge in [-0.2, -0.15) is 5.26 Å². The molecule has 0 amide bonds. The highest BCUT2D eigenvalue weighted by Crippen LogP contribution is 2.37. The van der Waals surface area contributed by atoms with Crippen LogP contribution in [0.3, 0.4) is 0 Å². The van der Waals surface area contributed by atoms with Crippen molar-refractivity contribution in [2.75, 3.05) is 6.26 Å². The van der Waals surface area contributed by atoms with E-state index in [1.54, 1.807) is 37.6 Å². The van der Waals surface area contributed by atoms with Gasteiger partial charge in [0.1, 0.15) is 23.4 Å². The molecule has 0 radical (unpaired) electrons. The zero-order valence-corrected chi connectivity index (χ0v) is 15.3. The number of carbonyl (C=O) groups is 1. The Balaban J connectivity index is 2.16. The van der Waals surface area contributed by atoms with E-state index in [0.29, 0.717) is 21.7 Å². The minimum atomic E-state index is -1.14. The van der Waals surface area contributed by atoms with Crippen LogP contribution in [0.1, 0.15) is 16.1 Å². The lowest BCUT2D eigenvalue weighted by Crippen LogP contribution is -2.06. The Kier molecular flexibility index (Phi) is 5.02. The molecule has 1 heterocycles. The molecule has 0 atom stereocenters. The van der Waals surface area contributed by atoms with Crippen LogP contribution in [0.15, 0.2) is 47.5 Å². The number of aromatic carboxylic acids is 1. The van der Waals surface area contributed by atoms with Crippen molar-refractivity contribution in [1.29, 1.82) is 5.26 Å². The predicted molar refractivity (Wildman–Crippen MR) is 99.7 cm³/mol. The first-order valence-corrected chi connectivity index (χ1v) is 9.07. The van der Waals surface area contributed by atoms with Crippen LogP contribution in [0.4, 0.5) is 8.78 Å². The van der Waals surface area contributed by atoms with Crippen LogP contribution in [-0.4, -0.2) is 21.9 Å². The monoisotopic (exact) mass is 384 g/mol. The summed E-state index contributed by atoms with van der Waals surface area (Å²) in [5, 5.41) is 19.7. The van der Waals surface area contributed by atoms with Crippen LogP contribution < -0.4 is 0 Å². The van der Waals surface area contributed by atoms with Gasteiger partial charge in [0.05, 0.1) is 10.6 Å². The number of carboxylic acid groups (broad SMARTS) is 1. The molecule has 2 aromatic carbocycles. The maximum absolute atomic E-state index is 14.0. The normalized spacial score (nSPS) is 10.6. The van der Waals surface area contributed by atoms with E-state index in [2.05, 4.69) is 6.07 Å². The topological polar surface area (TPSA) is 66.0 Å². The second-order valence-electron chi connectivity index (χ2n) is 5.79. The first kappa shape index (κ1) is 18.7. The number of rotatable bonds is 4. The first-order valence-electron chi connectivity index (χ1n) is 7.85. The van der Waals surface area contributed by atoms with Crippen LogP contribution in [0.2, 0.25) is 0 Å². The van der Waals surface area contributed by atoms with Gasteiger partial charge in [-0.25, -0.2) is 13.6 Å². The lowest BCUT2D eigenvalue weighted by molar-refractivity contribution is 0.0686. The van der Waals surface area contributed by atoms with Gasteiger partial charge in [-0.05, 0) is 29.5 Å². The fraction of sp³-hybridized carbons (Fsp3) is 0.100. The van der Waals surface area contributed by atoms with Crippen molar-refractivity contribution >= 4 is 17.7 Å². The molecule has 0 unspecified atom stereocenters. The quantitative estimate of drug-likeness (QED) is 0.648. The van der Waals surface area contributed by atoms with E-state index in [1.807, 2.05) is 0 Å². The van der Waals surface area contributed by atoms with Crippen molar-refractivity contribution in [1.82, 2.24) is 4.57 Å². The van der Waals surface area contributed by atoms with E-state index in [1.165, 1.54) is 28.5 Å². The molecule has 0 bridgehead atoms. The Morgan fingerprint density at radius 1 is 1.15 bits per heavy atom.